The lowest BCUT2D eigenvalue weighted by molar-refractivity contribution is 0.124. The van der Waals surface area contributed by atoms with Gasteiger partial charge in [0.05, 0.1) is 3.79 Å². The van der Waals surface area contributed by atoms with Crippen LogP contribution in [0.1, 0.15) is 38.0 Å². The highest BCUT2D eigenvalue weighted by Crippen LogP contribution is 2.23. The van der Waals surface area contributed by atoms with E-state index < -0.39 is 0 Å². The summed E-state index contributed by atoms with van der Waals surface area (Å²) in [6.45, 7) is 7.19. The van der Waals surface area contributed by atoms with Crippen molar-refractivity contribution in [3.05, 3.63) is 20.8 Å². The van der Waals surface area contributed by atoms with Gasteiger partial charge in [-0.05, 0) is 60.3 Å². The Kier molecular flexibility index (Phi) is 8.94. The summed E-state index contributed by atoms with van der Waals surface area (Å²) < 4.78 is 6.81. The number of nitrogens with one attached hydrogen (secondary N) is 1. The molecule has 0 aliphatic heterocycles. The zero-order chi connectivity index (χ0) is 13.2. The molecule has 1 unspecified atom stereocenters. The molecule has 0 aliphatic carbocycles. The van der Waals surface area contributed by atoms with Crippen LogP contribution < -0.4 is 5.32 Å². The van der Waals surface area contributed by atoms with E-state index in [1.807, 2.05) is 11.3 Å². The van der Waals surface area contributed by atoms with Crippen molar-refractivity contribution in [2.75, 3.05) is 19.8 Å². The van der Waals surface area contributed by atoms with E-state index in [-0.39, 0.29) is 0 Å². The van der Waals surface area contributed by atoms with Gasteiger partial charge in [0.25, 0.3) is 0 Å². The lowest BCUT2D eigenvalue weighted by Crippen LogP contribution is -2.32. The quantitative estimate of drug-likeness (QED) is 0.646. The van der Waals surface area contributed by atoms with Gasteiger partial charge in [0, 0.05) is 24.1 Å². The van der Waals surface area contributed by atoms with Crippen LogP contribution in [0.15, 0.2) is 15.9 Å². The first-order chi connectivity index (χ1) is 8.76. The zero-order valence-corrected chi connectivity index (χ0v) is 13.8. The molecule has 0 bridgehead atoms. The van der Waals surface area contributed by atoms with E-state index >= 15 is 0 Å². The van der Waals surface area contributed by atoms with Gasteiger partial charge in [-0.25, -0.2) is 0 Å². The van der Waals surface area contributed by atoms with Crippen LogP contribution in [-0.4, -0.2) is 25.8 Å². The third-order valence-corrected chi connectivity index (χ3v) is 4.36. The van der Waals surface area contributed by atoms with E-state index in [1.165, 1.54) is 15.1 Å². The Morgan fingerprint density at radius 2 is 2.11 bits per heavy atom. The molecule has 1 N–H and O–H groups in total. The Morgan fingerprint density at radius 1 is 1.28 bits per heavy atom. The summed E-state index contributed by atoms with van der Waals surface area (Å²) in [6.07, 6.45) is 4.48. The molecule has 1 rings (SSSR count). The van der Waals surface area contributed by atoms with Crippen LogP contribution in [0, 0.1) is 0 Å². The molecule has 0 amide bonds. The molecular formula is C14H24BrNOS. The second-order valence-electron chi connectivity index (χ2n) is 4.46. The summed E-state index contributed by atoms with van der Waals surface area (Å²) in [6, 6.07) is 4.87. The van der Waals surface area contributed by atoms with Crippen LogP contribution in [0.3, 0.4) is 0 Å². The maximum Gasteiger partial charge on any atom is 0.0701 e. The van der Waals surface area contributed by atoms with Crippen LogP contribution in [-0.2, 0) is 11.2 Å². The van der Waals surface area contributed by atoms with Gasteiger partial charge in [0.1, 0.15) is 0 Å². The van der Waals surface area contributed by atoms with Crippen molar-refractivity contribution in [3.8, 4) is 0 Å². The van der Waals surface area contributed by atoms with Crippen molar-refractivity contribution in [2.24, 2.45) is 0 Å². The predicted molar refractivity (Wildman–Crippen MR) is 83.5 cm³/mol. The van der Waals surface area contributed by atoms with Gasteiger partial charge in [-0.3, -0.25) is 0 Å². The zero-order valence-electron chi connectivity index (χ0n) is 11.4. The number of thiophene rings is 1. The largest absolute Gasteiger partial charge is 0.381 e. The Labute approximate surface area is 123 Å². The van der Waals surface area contributed by atoms with Crippen LogP contribution in [0.5, 0.6) is 0 Å². The highest BCUT2D eigenvalue weighted by atomic mass is 79.9. The van der Waals surface area contributed by atoms with E-state index in [9.17, 15) is 0 Å². The molecule has 0 saturated carbocycles. The fourth-order valence-corrected chi connectivity index (χ4v) is 3.36. The topological polar surface area (TPSA) is 21.3 Å². The molecule has 0 fully saturated rings. The van der Waals surface area contributed by atoms with Crippen molar-refractivity contribution < 1.29 is 4.74 Å². The first kappa shape index (κ1) is 16.2. The predicted octanol–water partition coefficient (Wildman–Crippen LogP) is 4.24. The standard InChI is InChI=1S/C14H24BrNOS/c1-3-8-16-12(7-10-17-9-4-2)11-13-5-6-14(15)18-13/h5-6,12,16H,3-4,7-11H2,1-2H3. The molecule has 1 heterocycles. The summed E-state index contributed by atoms with van der Waals surface area (Å²) in [7, 11) is 0. The Bertz CT molecular complexity index is 316. The van der Waals surface area contributed by atoms with E-state index in [2.05, 4.69) is 47.2 Å². The van der Waals surface area contributed by atoms with Gasteiger partial charge < -0.3 is 10.1 Å². The Hall–Kier alpha value is 0.1000. The summed E-state index contributed by atoms with van der Waals surface area (Å²) in [5.74, 6) is 0. The molecule has 0 radical (unpaired) electrons. The van der Waals surface area contributed by atoms with Crippen molar-refractivity contribution in [2.45, 2.75) is 45.6 Å². The molecule has 1 aromatic heterocycles. The maximum absolute atomic E-state index is 5.59. The minimum Gasteiger partial charge on any atom is -0.381 e. The van der Waals surface area contributed by atoms with E-state index in [0.29, 0.717) is 6.04 Å². The number of hydrogen-bond donors (Lipinski definition) is 1. The molecule has 0 aliphatic rings. The lowest BCUT2D eigenvalue weighted by atomic mass is 10.1. The molecule has 4 heteroatoms. The highest BCUT2D eigenvalue weighted by molar-refractivity contribution is 9.11. The highest BCUT2D eigenvalue weighted by Gasteiger charge is 2.10. The van der Waals surface area contributed by atoms with Gasteiger partial charge in [-0.1, -0.05) is 13.8 Å². The summed E-state index contributed by atoms with van der Waals surface area (Å²) in [5, 5.41) is 3.62. The number of hydrogen-bond acceptors (Lipinski definition) is 3. The van der Waals surface area contributed by atoms with Crippen LogP contribution >= 0.6 is 27.3 Å². The fraction of sp³-hybridized carbons (Fsp3) is 0.714. The van der Waals surface area contributed by atoms with Gasteiger partial charge in [-0.15, -0.1) is 11.3 Å². The van der Waals surface area contributed by atoms with E-state index in [4.69, 9.17) is 4.74 Å². The van der Waals surface area contributed by atoms with Crippen molar-refractivity contribution in [1.29, 1.82) is 0 Å². The average Bonchev–Trinajstić information content (AvgIpc) is 2.77. The van der Waals surface area contributed by atoms with Crippen molar-refractivity contribution in [1.82, 2.24) is 5.32 Å². The monoisotopic (exact) mass is 333 g/mol. The second-order valence-corrected chi connectivity index (χ2v) is 7.01. The normalized spacial score (nSPS) is 12.8. The molecule has 104 valence electrons. The molecule has 0 spiro atoms. The molecule has 2 nitrogen and oxygen atoms in total. The van der Waals surface area contributed by atoms with E-state index in [0.717, 1.165) is 39.0 Å². The van der Waals surface area contributed by atoms with Gasteiger partial charge in [-0.2, -0.15) is 0 Å². The number of halogens is 1. The lowest BCUT2D eigenvalue weighted by Gasteiger charge is -2.17. The SMILES string of the molecule is CCCNC(CCOCCC)Cc1ccc(Br)s1. The minimum atomic E-state index is 0.535. The van der Waals surface area contributed by atoms with Crippen molar-refractivity contribution in [3.63, 3.8) is 0 Å². The third kappa shape index (κ3) is 6.88. The number of ether oxygens (including phenoxy) is 1. The molecule has 0 aromatic carbocycles. The third-order valence-electron chi connectivity index (χ3n) is 2.72. The first-order valence-corrected chi connectivity index (χ1v) is 8.42. The van der Waals surface area contributed by atoms with Crippen LogP contribution in [0.4, 0.5) is 0 Å². The number of rotatable bonds is 10. The summed E-state index contributed by atoms with van der Waals surface area (Å²) in [4.78, 5) is 1.44. The Morgan fingerprint density at radius 3 is 2.72 bits per heavy atom. The molecule has 0 saturated heterocycles. The van der Waals surface area contributed by atoms with Crippen molar-refractivity contribution >= 4 is 27.3 Å². The summed E-state index contributed by atoms with van der Waals surface area (Å²) >= 11 is 5.35. The first-order valence-electron chi connectivity index (χ1n) is 6.81. The van der Waals surface area contributed by atoms with Gasteiger partial charge in [0.2, 0.25) is 0 Å². The molecule has 1 atom stereocenters. The fourth-order valence-electron chi connectivity index (χ4n) is 1.80. The maximum atomic E-state index is 5.59. The Balaban J connectivity index is 2.34. The molecule has 1 aromatic rings. The van der Waals surface area contributed by atoms with Crippen LogP contribution in [0.2, 0.25) is 0 Å². The van der Waals surface area contributed by atoms with Gasteiger partial charge in [0.15, 0.2) is 0 Å². The molecular weight excluding hydrogens is 310 g/mol. The van der Waals surface area contributed by atoms with Crippen LogP contribution in [0.25, 0.3) is 0 Å². The average molecular weight is 334 g/mol. The minimum absolute atomic E-state index is 0.535. The van der Waals surface area contributed by atoms with Gasteiger partial charge >= 0.3 is 0 Å². The molecule has 18 heavy (non-hydrogen) atoms. The smallest absolute Gasteiger partial charge is 0.0701 e. The second kappa shape index (κ2) is 9.96. The summed E-state index contributed by atoms with van der Waals surface area (Å²) in [5.41, 5.74) is 0. The van der Waals surface area contributed by atoms with E-state index in [1.54, 1.807) is 0 Å².